The Labute approximate surface area is 140 Å². The van der Waals surface area contributed by atoms with Crippen LogP contribution in [0.15, 0.2) is 24.3 Å². The molecule has 4 rings (SSSR count). The number of benzene rings is 1. The first-order valence-corrected chi connectivity index (χ1v) is 7.45. The van der Waals surface area contributed by atoms with Gasteiger partial charge in [0.2, 0.25) is 5.91 Å². The molecule has 24 heavy (non-hydrogen) atoms. The van der Waals surface area contributed by atoms with Crippen LogP contribution in [0.2, 0.25) is 0 Å². The molecular weight excluding hydrogens is 351 g/mol. The summed E-state index contributed by atoms with van der Waals surface area (Å²) < 4.78 is 45.2. The Morgan fingerprint density at radius 1 is 1.17 bits per heavy atom. The smallest absolute Gasteiger partial charge is 0.447 e. The summed E-state index contributed by atoms with van der Waals surface area (Å²) in [5.41, 5.74) is -1.64. The molecule has 0 atom stereocenters. The van der Waals surface area contributed by atoms with Crippen LogP contribution < -0.4 is 9.64 Å². The van der Waals surface area contributed by atoms with Crippen molar-refractivity contribution in [2.24, 2.45) is 5.41 Å². The van der Waals surface area contributed by atoms with Crippen molar-refractivity contribution in [3.05, 3.63) is 24.3 Å². The summed E-state index contributed by atoms with van der Waals surface area (Å²) >= 11 is 5.20. The van der Waals surface area contributed by atoms with Crippen LogP contribution in [-0.4, -0.2) is 30.3 Å². The fraction of sp³-hybridized carbons (Fsp3) is 0.467. The third-order valence-electron chi connectivity index (χ3n) is 4.49. The Kier molecular flexibility index (Phi) is 3.71. The van der Waals surface area contributed by atoms with Gasteiger partial charge in [-0.2, -0.15) is 0 Å². The molecule has 0 spiro atoms. The maximum Gasteiger partial charge on any atom is 0.573 e. The monoisotopic (exact) mass is 363 g/mol. The van der Waals surface area contributed by atoms with Crippen LogP contribution in [0.3, 0.4) is 0 Å². The first kappa shape index (κ1) is 16.9. The van der Waals surface area contributed by atoms with Crippen molar-refractivity contribution in [3.63, 3.8) is 0 Å². The Morgan fingerprint density at radius 2 is 1.71 bits per heavy atom. The molecular formula is C15H13ClF3NO4. The third kappa shape index (κ3) is 2.90. The second-order valence-corrected chi connectivity index (χ2v) is 6.55. The van der Waals surface area contributed by atoms with E-state index in [0.717, 1.165) is 12.1 Å². The predicted molar refractivity (Wildman–Crippen MR) is 77.9 cm³/mol. The maximum atomic E-state index is 12.6. The number of rotatable bonds is 4. The van der Waals surface area contributed by atoms with E-state index in [1.807, 2.05) is 0 Å². The highest BCUT2D eigenvalue weighted by Crippen LogP contribution is 2.70. The first-order valence-electron chi connectivity index (χ1n) is 7.07. The van der Waals surface area contributed by atoms with Gasteiger partial charge in [-0.15, -0.1) is 13.2 Å². The highest BCUT2D eigenvalue weighted by molar-refractivity contribution is 6.61. The molecule has 9 heteroatoms. The van der Waals surface area contributed by atoms with E-state index in [1.54, 1.807) is 7.05 Å². The van der Waals surface area contributed by atoms with Crippen molar-refractivity contribution in [1.82, 2.24) is 0 Å². The second-order valence-electron chi connectivity index (χ2n) is 6.24. The highest BCUT2D eigenvalue weighted by Gasteiger charge is 2.74. The van der Waals surface area contributed by atoms with E-state index in [4.69, 9.17) is 16.3 Å². The van der Waals surface area contributed by atoms with Crippen molar-refractivity contribution in [2.75, 3.05) is 11.9 Å². The minimum Gasteiger partial charge on any atom is -0.447 e. The Morgan fingerprint density at radius 3 is 2.17 bits per heavy atom. The SMILES string of the molecule is CN(C(=O)C12CC(OC(=O)Cl)(C1)C2)c1ccc(OC(F)(F)F)cc1. The quantitative estimate of drug-likeness (QED) is 0.762. The molecule has 1 amide bonds. The lowest BCUT2D eigenvalue weighted by atomic mass is 9.40. The number of ether oxygens (including phenoxy) is 2. The minimum atomic E-state index is -4.76. The van der Waals surface area contributed by atoms with Gasteiger partial charge in [0.05, 0.1) is 5.41 Å². The molecule has 0 aromatic heterocycles. The largest absolute Gasteiger partial charge is 0.573 e. The number of hydrogen-bond acceptors (Lipinski definition) is 4. The van der Waals surface area contributed by atoms with E-state index in [-0.39, 0.29) is 11.7 Å². The van der Waals surface area contributed by atoms with Gasteiger partial charge >= 0.3 is 11.8 Å². The fourth-order valence-electron chi connectivity index (χ4n) is 3.54. The van der Waals surface area contributed by atoms with E-state index in [2.05, 4.69) is 4.74 Å². The van der Waals surface area contributed by atoms with E-state index < -0.39 is 22.8 Å². The molecule has 3 aliphatic rings. The van der Waals surface area contributed by atoms with Crippen LogP contribution in [0.5, 0.6) is 5.75 Å². The molecule has 2 bridgehead atoms. The maximum absolute atomic E-state index is 12.6. The minimum absolute atomic E-state index is 0.167. The van der Waals surface area contributed by atoms with Crippen LogP contribution in [0.4, 0.5) is 23.7 Å². The van der Waals surface area contributed by atoms with Gasteiger partial charge in [0.1, 0.15) is 11.4 Å². The van der Waals surface area contributed by atoms with Crippen LogP contribution in [0, 0.1) is 5.41 Å². The van der Waals surface area contributed by atoms with Gasteiger partial charge in [-0.05, 0) is 24.3 Å². The van der Waals surface area contributed by atoms with Gasteiger partial charge < -0.3 is 14.4 Å². The van der Waals surface area contributed by atoms with Crippen molar-refractivity contribution < 1.29 is 32.2 Å². The number of alkyl halides is 3. The average Bonchev–Trinajstić information content (AvgIpc) is 2.38. The number of amides is 1. The number of carbonyl (C=O) groups excluding carboxylic acids is 2. The van der Waals surface area contributed by atoms with Crippen LogP contribution in [0.25, 0.3) is 0 Å². The van der Waals surface area contributed by atoms with Gasteiger partial charge in [0.15, 0.2) is 0 Å². The molecule has 0 saturated heterocycles. The van der Waals surface area contributed by atoms with Crippen molar-refractivity contribution >= 4 is 28.6 Å². The molecule has 1 aromatic carbocycles. The van der Waals surface area contributed by atoms with Crippen LogP contribution in [0.1, 0.15) is 19.3 Å². The van der Waals surface area contributed by atoms with Crippen LogP contribution >= 0.6 is 11.6 Å². The normalized spacial score (nSPS) is 27.5. The van der Waals surface area contributed by atoms with Crippen LogP contribution in [-0.2, 0) is 9.53 Å². The van der Waals surface area contributed by atoms with Crippen molar-refractivity contribution in [1.29, 1.82) is 0 Å². The molecule has 0 aliphatic heterocycles. The van der Waals surface area contributed by atoms with Gasteiger partial charge in [-0.3, -0.25) is 4.79 Å². The third-order valence-corrected chi connectivity index (χ3v) is 4.57. The highest BCUT2D eigenvalue weighted by atomic mass is 35.5. The molecule has 3 saturated carbocycles. The molecule has 0 N–H and O–H groups in total. The van der Waals surface area contributed by atoms with Gasteiger partial charge in [-0.1, -0.05) is 0 Å². The Balaban J connectivity index is 1.62. The summed E-state index contributed by atoms with van der Waals surface area (Å²) in [6, 6.07) is 5.04. The standard InChI is InChI=1S/C15H13ClF3NO4/c1-20(9-2-4-10(5-3-9)23-15(17,18)19)11(21)13-6-14(7-13,8-13)24-12(16)22/h2-5H,6-8H2,1H3. The molecule has 0 heterocycles. The zero-order valence-electron chi connectivity index (χ0n) is 12.5. The van der Waals surface area contributed by atoms with E-state index >= 15 is 0 Å². The average molecular weight is 364 g/mol. The van der Waals surface area contributed by atoms with Gasteiger partial charge in [0.25, 0.3) is 0 Å². The topological polar surface area (TPSA) is 55.8 Å². The summed E-state index contributed by atoms with van der Waals surface area (Å²) in [4.78, 5) is 24.7. The zero-order chi connectivity index (χ0) is 17.8. The summed E-state index contributed by atoms with van der Waals surface area (Å²) in [5.74, 6) is -0.523. The summed E-state index contributed by atoms with van der Waals surface area (Å²) in [6.45, 7) is 0. The Bertz CT molecular complexity index is 669. The number of halogens is 4. The number of hydrogen-bond donors (Lipinski definition) is 0. The molecule has 3 fully saturated rings. The zero-order valence-corrected chi connectivity index (χ0v) is 13.3. The molecule has 0 unspecified atom stereocenters. The lowest BCUT2D eigenvalue weighted by molar-refractivity contribution is -0.274. The lowest BCUT2D eigenvalue weighted by Gasteiger charge is -2.67. The second kappa shape index (κ2) is 5.27. The summed E-state index contributed by atoms with van der Waals surface area (Å²) in [6.07, 6.45) is -3.52. The molecule has 5 nitrogen and oxygen atoms in total. The van der Waals surface area contributed by atoms with Gasteiger partial charge in [0, 0.05) is 43.6 Å². The number of anilines is 1. The summed E-state index contributed by atoms with van der Waals surface area (Å²) in [5, 5.41) is 0. The van der Waals surface area contributed by atoms with Gasteiger partial charge in [-0.25, -0.2) is 4.79 Å². The Hall–Kier alpha value is -1.96. The number of carbonyl (C=O) groups is 2. The number of nitrogens with zero attached hydrogens (tertiary/aromatic N) is 1. The molecule has 0 radical (unpaired) electrons. The molecule has 3 aliphatic carbocycles. The lowest BCUT2D eigenvalue weighted by Crippen LogP contribution is -2.73. The summed E-state index contributed by atoms with van der Waals surface area (Å²) in [7, 11) is 1.54. The molecule has 130 valence electrons. The van der Waals surface area contributed by atoms with Crippen molar-refractivity contribution in [3.8, 4) is 5.75 Å². The molecule has 1 aromatic rings. The van der Waals surface area contributed by atoms with E-state index in [1.165, 1.54) is 17.0 Å². The van der Waals surface area contributed by atoms with Crippen molar-refractivity contribution in [2.45, 2.75) is 31.2 Å². The predicted octanol–water partition coefficient (Wildman–Crippen LogP) is 3.85. The fourth-order valence-corrected chi connectivity index (χ4v) is 3.71. The first-order chi connectivity index (χ1) is 11.0. The van der Waals surface area contributed by atoms with E-state index in [9.17, 15) is 22.8 Å². The van der Waals surface area contributed by atoms with E-state index in [0.29, 0.717) is 24.9 Å².